The van der Waals surface area contributed by atoms with Gasteiger partial charge in [-0.25, -0.2) is 13.2 Å². The molecule has 0 saturated carbocycles. The van der Waals surface area contributed by atoms with Crippen molar-refractivity contribution in [2.45, 2.75) is 18.4 Å². The quantitative estimate of drug-likeness (QED) is 0.388. The van der Waals surface area contributed by atoms with Crippen molar-refractivity contribution in [3.63, 3.8) is 0 Å². The van der Waals surface area contributed by atoms with E-state index in [0.29, 0.717) is 29.1 Å². The van der Waals surface area contributed by atoms with Gasteiger partial charge in [0.25, 0.3) is 0 Å². The summed E-state index contributed by atoms with van der Waals surface area (Å²) in [6.07, 6.45) is 1.17. The normalized spacial score (nSPS) is 11.4. The molecular formula is C26H24N2O4S. The molecule has 33 heavy (non-hydrogen) atoms. The summed E-state index contributed by atoms with van der Waals surface area (Å²) in [5.41, 5.74) is 5.17. The predicted molar refractivity (Wildman–Crippen MR) is 128 cm³/mol. The van der Waals surface area contributed by atoms with E-state index in [1.165, 1.54) is 13.4 Å². The summed E-state index contributed by atoms with van der Waals surface area (Å²) in [6.45, 7) is 2.38. The Hall–Kier alpha value is -3.71. The molecule has 0 N–H and O–H groups in total. The maximum absolute atomic E-state index is 13.0. The zero-order valence-corrected chi connectivity index (χ0v) is 19.5. The van der Waals surface area contributed by atoms with Crippen LogP contribution >= 0.6 is 0 Å². The van der Waals surface area contributed by atoms with Crippen molar-refractivity contribution in [2.75, 3.05) is 13.4 Å². The summed E-state index contributed by atoms with van der Waals surface area (Å²) in [7, 11) is -1.98. The molecule has 7 heteroatoms. The number of carbonyl (C=O) groups is 1. The smallest absolute Gasteiger partial charge is 0.357 e. The lowest BCUT2D eigenvalue weighted by molar-refractivity contribution is 0.0588. The van der Waals surface area contributed by atoms with Crippen LogP contribution in [0.2, 0.25) is 0 Å². The van der Waals surface area contributed by atoms with Gasteiger partial charge in [-0.2, -0.15) is 5.10 Å². The Morgan fingerprint density at radius 3 is 2.09 bits per heavy atom. The van der Waals surface area contributed by atoms with E-state index in [-0.39, 0.29) is 4.90 Å². The standard InChI is InChI=1S/C26H24N2O4S/c1-18-9-11-20(12-10-18)23-24(21-13-15-22(16-14-21)33(3,30)31)27-28(25(23)26(29)32-2)17-19-7-5-4-6-8-19/h4-16H,17H2,1-3H3. The molecule has 168 valence electrons. The second-order valence-electron chi connectivity index (χ2n) is 7.87. The highest BCUT2D eigenvalue weighted by molar-refractivity contribution is 7.90. The number of hydrogen-bond acceptors (Lipinski definition) is 5. The largest absolute Gasteiger partial charge is 0.464 e. The van der Waals surface area contributed by atoms with Crippen molar-refractivity contribution in [2.24, 2.45) is 0 Å². The number of carbonyl (C=O) groups excluding carboxylic acids is 1. The van der Waals surface area contributed by atoms with E-state index in [1.807, 2.05) is 61.5 Å². The number of hydrogen-bond donors (Lipinski definition) is 0. The fourth-order valence-corrected chi connectivity index (χ4v) is 4.32. The zero-order chi connectivity index (χ0) is 23.6. The van der Waals surface area contributed by atoms with Gasteiger partial charge >= 0.3 is 5.97 Å². The monoisotopic (exact) mass is 460 g/mol. The molecule has 4 rings (SSSR count). The number of rotatable bonds is 6. The van der Waals surface area contributed by atoms with E-state index in [9.17, 15) is 13.2 Å². The van der Waals surface area contributed by atoms with Crippen LogP contribution in [0, 0.1) is 6.92 Å². The summed E-state index contributed by atoms with van der Waals surface area (Å²) >= 11 is 0. The molecule has 0 radical (unpaired) electrons. The van der Waals surface area contributed by atoms with E-state index in [4.69, 9.17) is 9.84 Å². The van der Waals surface area contributed by atoms with E-state index >= 15 is 0 Å². The fraction of sp³-hybridized carbons (Fsp3) is 0.154. The van der Waals surface area contributed by atoms with Crippen LogP contribution in [-0.4, -0.2) is 37.5 Å². The molecule has 0 spiro atoms. The van der Waals surface area contributed by atoms with Crippen molar-refractivity contribution in [1.29, 1.82) is 0 Å². The number of esters is 1. The lowest BCUT2D eigenvalue weighted by Gasteiger charge is -2.09. The maximum Gasteiger partial charge on any atom is 0.357 e. The van der Waals surface area contributed by atoms with E-state index in [2.05, 4.69) is 0 Å². The van der Waals surface area contributed by atoms with Crippen LogP contribution in [0.15, 0.2) is 83.8 Å². The average Bonchev–Trinajstić information content (AvgIpc) is 3.18. The summed E-state index contributed by atoms with van der Waals surface area (Å²) in [6, 6.07) is 24.1. The molecule has 0 saturated heterocycles. The maximum atomic E-state index is 13.0. The molecular weight excluding hydrogens is 436 g/mol. The van der Waals surface area contributed by atoms with Gasteiger partial charge in [0, 0.05) is 17.4 Å². The van der Waals surface area contributed by atoms with Gasteiger partial charge in [0.1, 0.15) is 5.69 Å². The highest BCUT2D eigenvalue weighted by Gasteiger charge is 2.26. The number of aryl methyl sites for hydroxylation is 1. The molecule has 0 bridgehead atoms. The molecule has 1 heterocycles. The zero-order valence-electron chi connectivity index (χ0n) is 18.6. The minimum atomic E-state index is -3.33. The molecule has 0 fully saturated rings. The second-order valence-corrected chi connectivity index (χ2v) is 9.89. The summed E-state index contributed by atoms with van der Waals surface area (Å²) in [5.74, 6) is -0.493. The molecule has 0 unspecified atom stereocenters. The Balaban J connectivity index is 1.96. The molecule has 0 amide bonds. The van der Waals surface area contributed by atoms with Crippen LogP contribution in [0.1, 0.15) is 21.6 Å². The molecule has 0 atom stereocenters. The molecule has 4 aromatic rings. The summed E-state index contributed by atoms with van der Waals surface area (Å²) < 4.78 is 30.6. The van der Waals surface area contributed by atoms with Gasteiger partial charge in [-0.15, -0.1) is 0 Å². The molecule has 3 aromatic carbocycles. The minimum absolute atomic E-state index is 0.222. The van der Waals surface area contributed by atoms with Crippen LogP contribution in [0.3, 0.4) is 0 Å². The Morgan fingerprint density at radius 1 is 0.909 bits per heavy atom. The first-order chi connectivity index (χ1) is 15.8. The molecule has 0 aliphatic heterocycles. The van der Waals surface area contributed by atoms with E-state index in [0.717, 1.165) is 16.7 Å². The molecule has 0 aliphatic carbocycles. The van der Waals surface area contributed by atoms with Crippen molar-refractivity contribution in [1.82, 2.24) is 9.78 Å². The second kappa shape index (κ2) is 9.03. The third-order valence-electron chi connectivity index (χ3n) is 5.40. The average molecular weight is 461 g/mol. The van der Waals surface area contributed by atoms with Gasteiger partial charge in [-0.3, -0.25) is 4.68 Å². The van der Waals surface area contributed by atoms with Crippen molar-refractivity contribution in [3.8, 4) is 22.4 Å². The Kier molecular flexibility index (Phi) is 6.16. The third kappa shape index (κ3) is 4.73. The van der Waals surface area contributed by atoms with Gasteiger partial charge in [-0.05, 0) is 30.2 Å². The van der Waals surface area contributed by atoms with Gasteiger partial charge in [-0.1, -0.05) is 72.3 Å². The number of benzene rings is 3. The number of methoxy groups -OCH3 is 1. The van der Waals surface area contributed by atoms with E-state index in [1.54, 1.807) is 28.9 Å². The highest BCUT2D eigenvalue weighted by atomic mass is 32.2. The fourth-order valence-electron chi connectivity index (χ4n) is 3.69. The van der Waals surface area contributed by atoms with Gasteiger partial charge in [0.05, 0.1) is 18.6 Å². The predicted octanol–water partition coefficient (Wildman–Crippen LogP) is 4.76. The summed E-state index contributed by atoms with van der Waals surface area (Å²) in [5, 5.41) is 4.80. The molecule has 6 nitrogen and oxygen atoms in total. The first-order valence-electron chi connectivity index (χ1n) is 10.4. The highest BCUT2D eigenvalue weighted by Crippen LogP contribution is 2.36. The van der Waals surface area contributed by atoms with Crippen LogP contribution in [0.4, 0.5) is 0 Å². The van der Waals surface area contributed by atoms with Crippen LogP contribution in [0.5, 0.6) is 0 Å². The van der Waals surface area contributed by atoms with Crippen LogP contribution < -0.4 is 0 Å². The summed E-state index contributed by atoms with van der Waals surface area (Å²) in [4.78, 5) is 13.2. The molecule has 0 aliphatic rings. The van der Waals surface area contributed by atoms with Gasteiger partial charge in [0.15, 0.2) is 15.5 Å². The van der Waals surface area contributed by atoms with E-state index < -0.39 is 15.8 Å². The third-order valence-corrected chi connectivity index (χ3v) is 6.53. The van der Waals surface area contributed by atoms with Crippen LogP contribution in [-0.2, 0) is 21.1 Å². The molecule has 1 aromatic heterocycles. The topological polar surface area (TPSA) is 78.3 Å². The number of ether oxygens (including phenoxy) is 1. The Morgan fingerprint density at radius 2 is 1.52 bits per heavy atom. The SMILES string of the molecule is COC(=O)c1c(-c2ccc(C)cc2)c(-c2ccc(S(C)(=O)=O)cc2)nn1Cc1ccccc1. The van der Waals surface area contributed by atoms with Gasteiger partial charge < -0.3 is 4.74 Å². The lowest BCUT2D eigenvalue weighted by Crippen LogP contribution is -2.13. The number of aromatic nitrogens is 2. The van der Waals surface area contributed by atoms with Crippen LogP contribution in [0.25, 0.3) is 22.4 Å². The van der Waals surface area contributed by atoms with Crippen molar-refractivity contribution >= 4 is 15.8 Å². The van der Waals surface area contributed by atoms with Gasteiger partial charge in [0.2, 0.25) is 0 Å². The van der Waals surface area contributed by atoms with Crippen molar-refractivity contribution < 1.29 is 17.9 Å². The number of sulfone groups is 1. The Bertz CT molecular complexity index is 1390. The number of nitrogens with zero attached hydrogens (tertiary/aromatic N) is 2. The first-order valence-corrected chi connectivity index (χ1v) is 12.3. The van der Waals surface area contributed by atoms with Crippen molar-refractivity contribution in [3.05, 3.63) is 95.7 Å². The lowest BCUT2D eigenvalue weighted by atomic mass is 9.98. The first kappa shape index (κ1) is 22.5. The Labute approximate surface area is 193 Å². The minimum Gasteiger partial charge on any atom is -0.464 e.